The van der Waals surface area contributed by atoms with Gasteiger partial charge in [-0.15, -0.1) is 0 Å². The van der Waals surface area contributed by atoms with Crippen molar-refractivity contribution in [3.63, 3.8) is 0 Å². The van der Waals surface area contributed by atoms with Crippen LogP contribution in [0.2, 0.25) is 0 Å². The Labute approximate surface area is 94.3 Å². The first-order valence-corrected chi connectivity index (χ1v) is 5.34. The second-order valence-corrected chi connectivity index (χ2v) is 4.19. The number of hydrogen-bond acceptors (Lipinski definition) is 4. The molecule has 1 saturated heterocycles. The van der Waals surface area contributed by atoms with Crippen molar-refractivity contribution in [2.45, 2.75) is 25.9 Å². The molecule has 3 N–H and O–H groups in total. The van der Waals surface area contributed by atoms with Gasteiger partial charge >= 0.3 is 5.97 Å². The van der Waals surface area contributed by atoms with Crippen molar-refractivity contribution in [2.75, 3.05) is 19.8 Å². The number of carboxylic acids is 1. The molecule has 0 aromatic carbocycles. The van der Waals surface area contributed by atoms with Crippen molar-refractivity contribution in [1.29, 1.82) is 0 Å². The SMILES string of the molecule is CC(C)NCC(=O)NC1COCC1C(=O)O. The summed E-state index contributed by atoms with van der Waals surface area (Å²) in [5.74, 6) is -1.77. The van der Waals surface area contributed by atoms with Crippen LogP contribution in [0.15, 0.2) is 0 Å². The molecule has 92 valence electrons. The van der Waals surface area contributed by atoms with Gasteiger partial charge in [-0.1, -0.05) is 13.8 Å². The first kappa shape index (κ1) is 12.9. The first-order chi connectivity index (χ1) is 7.50. The van der Waals surface area contributed by atoms with Crippen LogP contribution in [0.1, 0.15) is 13.8 Å². The summed E-state index contributed by atoms with van der Waals surface area (Å²) in [5, 5.41) is 14.5. The van der Waals surface area contributed by atoms with Crippen molar-refractivity contribution < 1.29 is 19.4 Å². The van der Waals surface area contributed by atoms with Crippen molar-refractivity contribution >= 4 is 11.9 Å². The molecule has 1 heterocycles. The summed E-state index contributed by atoms with van der Waals surface area (Å²) >= 11 is 0. The number of aliphatic carboxylic acids is 1. The van der Waals surface area contributed by atoms with Gasteiger partial charge in [-0.2, -0.15) is 0 Å². The van der Waals surface area contributed by atoms with E-state index in [9.17, 15) is 9.59 Å². The maximum Gasteiger partial charge on any atom is 0.311 e. The molecule has 0 aliphatic carbocycles. The minimum Gasteiger partial charge on any atom is -0.481 e. The fourth-order valence-electron chi connectivity index (χ4n) is 1.49. The molecule has 16 heavy (non-hydrogen) atoms. The van der Waals surface area contributed by atoms with Gasteiger partial charge in [0.2, 0.25) is 5.91 Å². The second-order valence-electron chi connectivity index (χ2n) is 4.19. The Morgan fingerprint density at radius 1 is 1.44 bits per heavy atom. The Hall–Kier alpha value is -1.14. The van der Waals surface area contributed by atoms with Crippen LogP contribution in [-0.2, 0) is 14.3 Å². The standard InChI is InChI=1S/C10H18N2O4/c1-6(2)11-3-9(13)12-8-5-16-4-7(8)10(14)15/h6-8,11H,3-5H2,1-2H3,(H,12,13)(H,14,15). The minimum atomic E-state index is -0.931. The first-order valence-electron chi connectivity index (χ1n) is 5.34. The maximum atomic E-state index is 11.4. The topological polar surface area (TPSA) is 87.7 Å². The summed E-state index contributed by atoms with van der Waals surface area (Å²) in [7, 11) is 0. The molecular weight excluding hydrogens is 212 g/mol. The molecule has 2 unspecified atom stereocenters. The summed E-state index contributed by atoms with van der Waals surface area (Å²) in [6.07, 6.45) is 0. The van der Waals surface area contributed by atoms with E-state index in [1.807, 2.05) is 13.8 Å². The van der Waals surface area contributed by atoms with Gasteiger partial charge in [-0.25, -0.2) is 0 Å². The van der Waals surface area contributed by atoms with Gasteiger partial charge < -0.3 is 20.5 Å². The Morgan fingerprint density at radius 2 is 2.12 bits per heavy atom. The molecule has 1 amide bonds. The van der Waals surface area contributed by atoms with Gasteiger partial charge in [0, 0.05) is 6.04 Å². The Kier molecular flexibility index (Phi) is 4.70. The van der Waals surface area contributed by atoms with Crippen LogP contribution >= 0.6 is 0 Å². The zero-order valence-corrected chi connectivity index (χ0v) is 9.53. The fourth-order valence-corrected chi connectivity index (χ4v) is 1.49. The van der Waals surface area contributed by atoms with Crippen LogP contribution in [0.5, 0.6) is 0 Å². The van der Waals surface area contributed by atoms with Crippen molar-refractivity contribution in [3.05, 3.63) is 0 Å². The van der Waals surface area contributed by atoms with E-state index < -0.39 is 17.9 Å². The van der Waals surface area contributed by atoms with E-state index in [0.29, 0.717) is 0 Å². The summed E-state index contributed by atoms with van der Waals surface area (Å²) in [4.78, 5) is 22.3. The highest BCUT2D eigenvalue weighted by molar-refractivity contribution is 5.80. The predicted octanol–water partition coefficient (Wildman–Crippen LogP) is -0.800. The quantitative estimate of drug-likeness (QED) is 0.575. The van der Waals surface area contributed by atoms with Crippen molar-refractivity contribution in [3.8, 4) is 0 Å². The molecule has 1 aliphatic heterocycles. The number of nitrogens with one attached hydrogen (secondary N) is 2. The van der Waals surface area contributed by atoms with Crippen LogP contribution in [-0.4, -0.2) is 48.8 Å². The van der Waals surface area contributed by atoms with E-state index in [1.165, 1.54) is 0 Å². The van der Waals surface area contributed by atoms with Crippen LogP contribution in [0.25, 0.3) is 0 Å². The lowest BCUT2D eigenvalue weighted by atomic mass is 10.0. The van der Waals surface area contributed by atoms with Crippen LogP contribution in [0.4, 0.5) is 0 Å². The zero-order valence-electron chi connectivity index (χ0n) is 9.53. The number of hydrogen-bond donors (Lipinski definition) is 3. The summed E-state index contributed by atoms with van der Waals surface area (Å²) in [6.45, 7) is 4.50. The minimum absolute atomic E-state index is 0.165. The molecule has 0 spiro atoms. The highest BCUT2D eigenvalue weighted by Gasteiger charge is 2.34. The van der Waals surface area contributed by atoms with Gasteiger partial charge in [0.25, 0.3) is 0 Å². The molecule has 2 atom stereocenters. The third-order valence-electron chi connectivity index (χ3n) is 2.41. The number of carbonyl (C=O) groups is 2. The molecule has 1 fully saturated rings. The Bertz CT molecular complexity index is 268. The third-order valence-corrected chi connectivity index (χ3v) is 2.41. The summed E-state index contributed by atoms with van der Waals surface area (Å²) in [5.41, 5.74) is 0. The molecule has 0 bridgehead atoms. The Balaban J connectivity index is 2.35. The number of amides is 1. The van der Waals surface area contributed by atoms with E-state index in [2.05, 4.69) is 10.6 Å². The van der Waals surface area contributed by atoms with E-state index in [0.717, 1.165) is 0 Å². The van der Waals surface area contributed by atoms with Gasteiger partial charge in [-0.3, -0.25) is 9.59 Å². The van der Waals surface area contributed by atoms with Crippen molar-refractivity contribution in [2.24, 2.45) is 5.92 Å². The lowest BCUT2D eigenvalue weighted by Gasteiger charge is -2.16. The largest absolute Gasteiger partial charge is 0.481 e. The number of rotatable bonds is 5. The fraction of sp³-hybridized carbons (Fsp3) is 0.800. The molecular formula is C10H18N2O4. The maximum absolute atomic E-state index is 11.4. The Morgan fingerprint density at radius 3 is 2.69 bits per heavy atom. The normalized spacial score (nSPS) is 24.7. The van der Waals surface area contributed by atoms with Crippen molar-refractivity contribution in [1.82, 2.24) is 10.6 Å². The van der Waals surface area contributed by atoms with Crippen LogP contribution in [0, 0.1) is 5.92 Å². The molecule has 0 radical (unpaired) electrons. The zero-order chi connectivity index (χ0) is 12.1. The van der Waals surface area contributed by atoms with Gasteiger partial charge in [0.1, 0.15) is 5.92 Å². The van der Waals surface area contributed by atoms with Crippen LogP contribution < -0.4 is 10.6 Å². The third kappa shape index (κ3) is 3.79. The predicted molar refractivity (Wildman–Crippen MR) is 57.0 cm³/mol. The van der Waals surface area contributed by atoms with Crippen LogP contribution in [0.3, 0.4) is 0 Å². The molecule has 1 aliphatic rings. The molecule has 0 aromatic heterocycles. The summed E-state index contributed by atoms with van der Waals surface area (Å²) in [6, 6.07) is -0.195. The summed E-state index contributed by atoms with van der Waals surface area (Å²) < 4.78 is 5.04. The highest BCUT2D eigenvalue weighted by Crippen LogP contribution is 2.13. The lowest BCUT2D eigenvalue weighted by molar-refractivity contribution is -0.142. The molecule has 1 rings (SSSR count). The van der Waals surface area contributed by atoms with Gasteiger partial charge in [-0.05, 0) is 0 Å². The van der Waals surface area contributed by atoms with E-state index >= 15 is 0 Å². The van der Waals surface area contributed by atoms with E-state index in [-0.39, 0.29) is 31.7 Å². The smallest absolute Gasteiger partial charge is 0.311 e. The molecule has 0 aromatic rings. The van der Waals surface area contributed by atoms with Gasteiger partial charge in [0.15, 0.2) is 0 Å². The number of carboxylic acid groups (broad SMARTS) is 1. The van der Waals surface area contributed by atoms with E-state index in [4.69, 9.17) is 9.84 Å². The monoisotopic (exact) mass is 230 g/mol. The second kappa shape index (κ2) is 5.81. The molecule has 6 heteroatoms. The number of carbonyl (C=O) groups excluding carboxylic acids is 1. The average Bonchev–Trinajstić information content (AvgIpc) is 2.62. The van der Waals surface area contributed by atoms with Gasteiger partial charge in [0.05, 0.1) is 25.8 Å². The highest BCUT2D eigenvalue weighted by atomic mass is 16.5. The molecule has 6 nitrogen and oxygen atoms in total. The average molecular weight is 230 g/mol. The lowest BCUT2D eigenvalue weighted by Crippen LogP contribution is -2.46. The molecule has 0 saturated carbocycles. The van der Waals surface area contributed by atoms with E-state index in [1.54, 1.807) is 0 Å². The number of ether oxygens (including phenoxy) is 1.